The quantitative estimate of drug-likeness (QED) is 0.855. The zero-order valence-corrected chi connectivity index (χ0v) is 12.1. The number of hydrazine groups is 1. The van der Waals surface area contributed by atoms with Crippen molar-refractivity contribution in [2.75, 3.05) is 33.2 Å². The van der Waals surface area contributed by atoms with Crippen molar-refractivity contribution in [2.24, 2.45) is 0 Å². The molecular weight excluding hydrogens is 238 g/mol. The molecule has 106 valence electrons. The molecule has 2 unspecified atom stereocenters. The monoisotopic (exact) mass is 263 g/mol. The molecule has 0 aromatic heterocycles. The molecule has 2 rings (SSSR count). The van der Waals surface area contributed by atoms with Crippen LogP contribution in [0, 0.1) is 6.92 Å². The zero-order valence-electron chi connectivity index (χ0n) is 12.1. The topological polar surface area (TPSA) is 38.7 Å². The molecule has 0 radical (unpaired) electrons. The van der Waals surface area contributed by atoms with Crippen molar-refractivity contribution < 1.29 is 5.11 Å². The summed E-state index contributed by atoms with van der Waals surface area (Å²) in [5.74, 6) is 0. The number of aliphatic hydroxyl groups is 1. The molecule has 1 saturated heterocycles. The second kappa shape index (κ2) is 6.48. The number of aryl methyl sites for hydroxylation is 1. The van der Waals surface area contributed by atoms with E-state index >= 15 is 0 Å². The van der Waals surface area contributed by atoms with Gasteiger partial charge in [0, 0.05) is 32.2 Å². The number of piperazine rings is 1. The number of aliphatic hydroxyl groups excluding tert-OH is 1. The van der Waals surface area contributed by atoms with Gasteiger partial charge in [-0.25, -0.2) is 10.4 Å². The lowest BCUT2D eigenvalue weighted by molar-refractivity contribution is 0.0438. The van der Waals surface area contributed by atoms with E-state index in [1.165, 1.54) is 5.56 Å². The first-order chi connectivity index (χ1) is 9.06. The standard InChI is InChI=1S/C15H25N3O/c1-12-4-6-14(7-5-12)15(19)13(2)16-18-10-8-17(3)9-11-18/h4-7,13,15-16,19H,8-11H2,1-3H3. The summed E-state index contributed by atoms with van der Waals surface area (Å²) in [6, 6.07) is 8.11. The van der Waals surface area contributed by atoms with Crippen LogP contribution in [0.4, 0.5) is 0 Å². The summed E-state index contributed by atoms with van der Waals surface area (Å²) < 4.78 is 0. The fraction of sp³-hybridized carbons (Fsp3) is 0.600. The minimum atomic E-state index is -0.472. The minimum absolute atomic E-state index is 0.0195. The summed E-state index contributed by atoms with van der Waals surface area (Å²) >= 11 is 0. The third-order valence-corrected chi connectivity index (χ3v) is 3.78. The number of rotatable bonds is 4. The number of nitrogens with one attached hydrogen (secondary N) is 1. The molecule has 1 aromatic rings. The Bertz CT molecular complexity index is 385. The SMILES string of the molecule is Cc1ccc(C(O)C(C)NN2CCN(C)CC2)cc1. The third-order valence-electron chi connectivity index (χ3n) is 3.78. The normalized spacial score (nSPS) is 21.3. The molecule has 1 aliphatic rings. The lowest BCUT2D eigenvalue weighted by atomic mass is 10.0. The van der Waals surface area contributed by atoms with Gasteiger partial charge >= 0.3 is 0 Å². The van der Waals surface area contributed by atoms with Gasteiger partial charge in [-0.05, 0) is 26.5 Å². The number of hydrogen-bond donors (Lipinski definition) is 2. The summed E-state index contributed by atoms with van der Waals surface area (Å²) in [4.78, 5) is 2.32. The molecule has 1 aliphatic heterocycles. The maximum Gasteiger partial charge on any atom is 0.0953 e. The Morgan fingerprint density at radius 2 is 1.68 bits per heavy atom. The van der Waals surface area contributed by atoms with Crippen LogP contribution in [-0.4, -0.2) is 54.3 Å². The molecule has 1 heterocycles. The average molecular weight is 263 g/mol. The predicted molar refractivity (Wildman–Crippen MR) is 77.8 cm³/mol. The smallest absolute Gasteiger partial charge is 0.0953 e. The minimum Gasteiger partial charge on any atom is -0.387 e. The molecule has 0 amide bonds. The van der Waals surface area contributed by atoms with Gasteiger partial charge in [0.05, 0.1) is 6.10 Å². The van der Waals surface area contributed by atoms with E-state index in [0.29, 0.717) is 0 Å². The summed E-state index contributed by atoms with van der Waals surface area (Å²) in [7, 11) is 2.14. The maximum atomic E-state index is 10.4. The first-order valence-corrected chi connectivity index (χ1v) is 7.00. The van der Waals surface area contributed by atoms with E-state index in [1.807, 2.05) is 31.2 Å². The van der Waals surface area contributed by atoms with Gasteiger partial charge in [-0.1, -0.05) is 29.8 Å². The molecule has 19 heavy (non-hydrogen) atoms. The molecule has 0 spiro atoms. The van der Waals surface area contributed by atoms with Gasteiger partial charge in [0.2, 0.25) is 0 Å². The van der Waals surface area contributed by atoms with Crippen molar-refractivity contribution >= 4 is 0 Å². The predicted octanol–water partition coefficient (Wildman–Crippen LogP) is 1.17. The molecule has 0 bridgehead atoms. The van der Waals surface area contributed by atoms with Gasteiger partial charge < -0.3 is 10.0 Å². The van der Waals surface area contributed by atoms with Crippen molar-refractivity contribution in [1.29, 1.82) is 0 Å². The van der Waals surface area contributed by atoms with Gasteiger partial charge in [0.25, 0.3) is 0 Å². The van der Waals surface area contributed by atoms with Crippen LogP contribution in [0.25, 0.3) is 0 Å². The Labute approximate surface area is 116 Å². The summed E-state index contributed by atoms with van der Waals surface area (Å²) in [5.41, 5.74) is 5.60. The van der Waals surface area contributed by atoms with E-state index in [4.69, 9.17) is 0 Å². The Hall–Kier alpha value is -0.940. The van der Waals surface area contributed by atoms with Crippen LogP contribution in [0.1, 0.15) is 24.2 Å². The molecule has 1 aromatic carbocycles. The van der Waals surface area contributed by atoms with Crippen molar-refractivity contribution in [3.63, 3.8) is 0 Å². The Balaban J connectivity index is 1.88. The average Bonchev–Trinajstić information content (AvgIpc) is 2.41. The van der Waals surface area contributed by atoms with Crippen LogP contribution in [0.2, 0.25) is 0 Å². The van der Waals surface area contributed by atoms with Crippen molar-refractivity contribution in [3.8, 4) is 0 Å². The van der Waals surface area contributed by atoms with Gasteiger partial charge in [0.15, 0.2) is 0 Å². The van der Waals surface area contributed by atoms with Gasteiger partial charge in [0.1, 0.15) is 0 Å². The lowest BCUT2D eigenvalue weighted by Crippen LogP contribution is -2.54. The molecule has 2 N–H and O–H groups in total. The van der Waals surface area contributed by atoms with E-state index in [9.17, 15) is 5.11 Å². The van der Waals surface area contributed by atoms with Crippen LogP contribution in [0.5, 0.6) is 0 Å². The van der Waals surface area contributed by atoms with E-state index in [0.717, 1.165) is 31.7 Å². The van der Waals surface area contributed by atoms with Crippen LogP contribution < -0.4 is 5.43 Å². The zero-order chi connectivity index (χ0) is 13.8. The number of likely N-dealkylation sites (N-methyl/N-ethyl adjacent to an activating group) is 1. The fourth-order valence-electron chi connectivity index (χ4n) is 2.35. The third kappa shape index (κ3) is 4.01. The van der Waals surface area contributed by atoms with Crippen molar-refractivity contribution in [3.05, 3.63) is 35.4 Å². The second-order valence-electron chi connectivity index (χ2n) is 5.56. The lowest BCUT2D eigenvalue weighted by Gasteiger charge is -2.35. The van der Waals surface area contributed by atoms with Crippen LogP contribution in [0.3, 0.4) is 0 Å². The van der Waals surface area contributed by atoms with E-state index in [1.54, 1.807) is 0 Å². The Kier molecular flexibility index (Phi) is 4.93. The van der Waals surface area contributed by atoms with Crippen LogP contribution in [-0.2, 0) is 0 Å². The molecule has 4 heteroatoms. The van der Waals surface area contributed by atoms with Gasteiger partial charge in [-0.3, -0.25) is 0 Å². The van der Waals surface area contributed by atoms with E-state index in [-0.39, 0.29) is 6.04 Å². The van der Waals surface area contributed by atoms with E-state index in [2.05, 4.69) is 29.3 Å². The molecular formula is C15H25N3O. The summed E-state index contributed by atoms with van der Waals surface area (Å²) in [6.45, 7) is 8.23. The number of benzene rings is 1. The highest BCUT2D eigenvalue weighted by Crippen LogP contribution is 2.17. The highest BCUT2D eigenvalue weighted by atomic mass is 16.3. The highest BCUT2D eigenvalue weighted by Gasteiger charge is 2.20. The fourth-order valence-corrected chi connectivity index (χ4v) is 2.35. The highest BCUT2D eigenvalue weighted by molar-refractivity contribution is 5.23. The van der Waals surface area contributed by atoms with Crippen LogP contribution in [0.15, 0.2) is 24.3 Å². The largest absolute Gasteiger partial charge is 0.387 e. The van der Waals surface area contributed by atoms with Gasteiger partial charge in [-0.2, -0.15) is 0 Å². The molecule has 4 nitrogen and oxygen atoms in total. The summed E-state index contributed by atoms with van der Waals surface area (Å²) in [5, 5.41) is 12.6. The Morgan fingerprint density at radius 3 is 2.26 bits per heavy atom. The molecule has 0 aliphatic carbocycles. The molecule has 0 saturated carbocycles. The maximum absolute atomic E-state index is 10.4. The van der Waals surface area contributed by atoms with E-state index < -0.39 is 6.10 Å². The first-order valence-electron chi connectivity index (χ1n) is 7.00. The summed E-state index contributed by atoms with van der Waals surface area (Å²) in [6.07, 6.45) is -0.472. The van der Waals surface area contributed by atoms with Crippen molar-refractivity contribution in [1.82, 2.24) is 15.3 Å². The molecule has 1 fully saturated rings. The number of hydrogen-bond acceptors (Lipinski definition) is 4. The van der Waals surface area contributed by atoms with Crippen molar-refractivity contribution in [2.45, 2.75) is 26.0 Å². The van der Waals surface area contributed by atoms with Gasteiger partial charge in [-0.15, -0.1) is 0 Å². The molecule has 2 atom stereocenters. The first kappa shape index (κ1) is 14.5. The Morgan fingerprint density at radius 1 is 1.11 bits per heavy atom. The van der Waals surface area contributed by atoms with Crippen LogP contribution >= 0.6 is 0 Å². The second-order valence-corrected chi connectivity index (χ2v) is 5.56. The number of nitrogens with zero attached hydrogens (tertiary/aromatic N) is 2.